The maximum absolute atomic E-state index is 14.7. The molecule has 132 valence electrons. The number of aromatic nitrogens is 2. The van der Waals surface area contributed by atoms with Gasteiger partial charge < -0.3 is 4.42 Å². The van der Waals surface area contributed by atoms with Gasteiger partial charge in [-0.1, -0.05) is 13.8 Å². The summed E-state index contributed by atoms with van der Waals surface area (Å²) in [6.07, 6.45) is 2.06. The lowest BCUT2D eigenvalue weighted by Crippen LogP contribution is -2.31. The molecule has 0 N–H and O–H groups in total. The Morgan fingerprint density at radius 3 is 2.58 bits per heavy atom. The largest absolute Gasteiger partial charge is 0.437 e. The van der Waals surface area contributed by atoms with Gasteiger partial charge in [-0.2, -0.15) is 9.37 Å². The van der Waals surface area contributed by atoms with Crippen LogP contribution in [0.25, 0.3) is 33.3 Å². The van der Waals surface area contributed by atoms with Crippen LogP contribution in [0.3, 0.4) is 0 Å². The van der Waals surface area contributed by atoms with Gasteiger partial charge in [0.2, 0.25) is 17.4 Å². The van der Waals surface area contributed by atoms with Gasteiger partial charge >= 0.3 is 0 Å². The third kappa shape index (κ3) is 2.46. The molecule has 3 heterocycles. The number of rotatable bonds is 2. The van der Waals surface area contributed by atoms with Crippen molar-refractivity contribution < 1.29 is 17.8 Å². The SMILES string of the molecule is Cc1cc(F)c2c(oc3nc(F)ccc32)c1-c1ccc(C(C)C)c[n+]1C. The second-order valence-electron chi connectivity index (χ2n) is 6.96. The predicted octanol–water partition coefficient (Wildman–Crippen LogP) is 5.18. The van der Waals surface area contributed by atoms with E-state index >= 15 is 0 Å². The number of aryl methyl sites for hydroxylation is 2. The zero-order chi connectivity index (χ0) is 18.6. The van der Waals surface area contributed by atoms with Gasteiger partial charge in [-0.3, -0.25) is 0 Å². The van der Waals surface area contributed by atoms with Crippen LogP contribution < -0.4 is 4.57 Å². The average Bonchev–Trinajstić information content (AvgIpc) is 2.94. The molecule has 0 saturated heterocycles. The number of furan rings is 1. The van der Waals surface area contributed by atoms with Crippen LogP contribution in [-0.2, 0) is 7.05 Å². The Hall–Kier alpha value is -2.82. The Kier molecular flexibility index (Phi) is 3.75. The first kappa shape index (κ1) is 16.6. The van der Waals surface area contributed by atoms with Crippen molar-refractivity contribution in [1.29, 1.82) is 0 Å². The Morgan fingerprint density at radius 2 is 1.88 bits per heavy atom. The van der Waals surface area contributed by atoms with Crippen molar-refractivity contribution in [3.05, 3.63) is 59.4 Å². The molecule has 0 radical (unpaired) electrons. The van der Waals surface area contributed by atoms with Gasteiger partial charge in [0.25, 0.3) is 0 Å². The Balaban J connectivity index is 2.08. The van der Waals surface area contributed by atoms with E-state index in [4.69, 9.17) is 4.42 Å². The van der Waals surface area contributed by atoms with Gasteiger partial charge in [-0.25, -0.2) is 8.96 Å². The van der Waals surface area contributed by atoms with E-state index in [2.05, 4.69) is 31.1 Å². The summed E-state index contributed by atoms with van der Waals surface area (Å²) >= 11 is 0. The van der Waals surface area contributed by atoms with Gasteiger partial charge in [-0.05, 0) is 42.7 Å². The zero-order valence-corrected chi connectivity index (χ0v) is 15.1. The number of pyridine rings is 2. The summed E-state index contributed by atoms with van der Waals surface area (Å²) < 4.78 is 36.0. The molecule has 3 nitrogen and oxygen atoms in total. The van der Waals surface area contributed by atoms with E-state index in [9.17, 15) is 8.78 Å². The summed E-state index contributed by atoms with van der Waals surface area (Å²) in [4.78, 5) is 3.77. The van der Waals surface area contributed by atoms with E-state index in [0.29, 0.717) is 22.3 Å². The molecule has 0 fully saturated rings. The van der Waals surface area contributed by atoms with Gasteiger partial charge in [-0.15, -0.1) is 0 Å². The Bertz CT molecular complexity index is 1160. The van der Waals surface area contributed by atoms with Crippen molar-refractivity contribution in [3.8, 4) is 11.3 Å². The van der Waals surface area contributed by atoms with Crippen LogP contribution in [0.1, 0.15) is 30.9 Å². The summed E-state index contributed by atoms with van der Waals surface area (Å²) in [5.41, 5.74) is 4.15. The maximum Gasteiger partial charge on any atom is 0.230 e. The second-order valence-corrected chi connectivity index (χ2v) is 6.96. The standard InChI is InChI=1S/C21H19F2N2O/c1-11(2)13-5-7-16(25(4)10-13)18-12(3)9-15(22)19-14-6-8-17(23)24-21(14)26-20(18)19/h5-11H,1-4H3/q+1. The fourth-order valence-corrected chi connectivity index (χ4v) is 3.43. The fourth-order valence-electron chi connectivity index (χ4n) is 3.43. The van der Waals surface area contributed by atoms with Crippen LogP contribution in [-0.4, -0.2) is 4.98 Å². The molecule has 0 aliphatic heterocycles. The van der Waals surface area contributed by atoms with Crippen LogP contribution in [0.2, 0.25) is 0 Å². The molecule has 0 aliphatic rings. The van der Waals surface area contributed by atoms with Crippen molar-refractivity contribution in [2.75, 3.05) is 0 Å². The van der Waals surface area contributed by atoms with Crippen LogP contribution in [0, 0.1) is 18.7 Å². The first-order valence-corrected chi connectivity index (χ1v) is 8.54. The van der Waals surface area contributed by atoms with Crippen LogP contribution >= 0.6 is 0 Å². The molecule has 4 aromatic rings. The first-order valence-electron chi connectivity index (χ1n) is 8.54. The number of hydrogen-bond donors (Lipinski definition) is 0. The molecule has 1 aromatic carbocycles. The number of hydrogen-bond acceptors (Lipinski definition) is 2. The van der Waals surface area contributed by atoms with Gasteiger partial charge in [0.1, 0.15) is 12.9 Å². The topological polar surface area (TPSA) is 29.9 Å². The van der Waals surface area contributed by atoms with E-state index in [1.807, 2.05) is 24.6 Å². The summed E-state index contributed by atoms with van der Waals surface area (Å²) in [7, 11) is 1.95. The van der Waals surface area contributed by atoms with E-state index < -0.39 is 11.8 Å². The van der Waals surface area contributed by atoms with Crippen molar-refractivity contribution >= 4 is 22.1 Å². The number of fused-ring (bicyclic) bond motifs is 3. The van der Waals surface area contributed by atoms with Crippen molar-refractivity contribution in [2.24, 2.45) is 7.05 Å². The van der Waals surface area contributed by atoms with Gasteiger partial charge in [0.15, 0.2) is 11.8 Å². The minimum absolute atomic E-state index is 0.104. The quantitative estimate of drug-likeness (QED) is 0.367. The summed E-state index contributed by atoms with van der Waals surface area (Å²) in [5, 5.41) is 0.808. The molecule has 0 aliphatic carbocycles. The molecular weight excluding hydrogens is 334 g/mol. The highest BCUT2D eigenvalue weighted by Gasteiger charge is 2.24. The lowest BCUT2D eigenvalue weighted by molar-refractivity contribution is -0.660. The smallest absolute Gasteiger partial charge is 0.230 e. The van der Waals surface area contributed by atoms with E-state index in [-0.39, 0.29) is 5.71 Å². The molecule has 0 spiro atoms. The maximum atomic E-state index is 14.7. The normalized spacial score (nSPS) is 11.8. The molecule has 0 unspecified atom stereocenters. The summed E-state index contributed by atoms with van der Waals surface area (Å²) in [6, 6.07) is 8.29. The lowest BCUT2D eigenvalue weighted by atomic mass is 9.98. The van der Waals surface area contributed by atoms with Crippen molar-refractivity contribution in [2.45, 2.75) is 26.7 Å². The molecule has 4 rings (SSSR count). The molecule has 5 heteroatoms. The molecule has 26 heavy (non-hydrogen) atoms. The van der Waals surface area contributed by atoms with Crippen LogP contribution in [0.5, 0.6) is 0 Å². The predicted molar refractivity (Wildman–Crippen MR) is 96.9 cm³/mol. The monoisotopic (exact) mass is 353 g/mol. The van der Waals surface area contributed by atoms with E-state index in [0.717, 1.165) is 16.8 Å². The number of halogens is 2. The second kappa shape index (κ2) is 5.87. The third-order valence-electron chi connectivity index (χ3n) is 4.80. The summed E-state index contributed by atoms with van der Waals surface area (Å²) in [6.45, 7) is 6.11. The van der Waals surface area contributed by atoms with E-state index in [1.165, 1.54) is 23.8 Å². The molecular formula is C21H19F2N2O+. The highest BCUT2D eigenvalue weighted by molar-refractivity contribution is 6.09. The zero-order valence-electron chi connectivity index (χ0n) is 15.1. The number of benzene rings is 1. The van der Waals surface area contributed by atoms with Crippen LogP contribution in [0.15, 0.2) is 40.9 Å². The highest BCUT2D eigenvalue weighted by Crippen LogP contribution is 2.38. The van der Waals surface area contributed by atoms with Gasteiger partial charge in [0.05, 0.1) is 16.3 Å². The van der Waals surface area contributed by atoms with Crippen molar-refractivity contribution in [1.82, 2.24) is 4.98 Å². The fraction of sp³-hybridized carbons (Fsp3) is 0.238. The molecule has 0 saturated carbocycles. The number of nitrogens with zero attached hydrogens (tertiary/aromatic N) is 2. The van der Waals surface area contributed by atoms with Crippen molar-refractivity contribution in [3.63, 3.8) is 0 Å². The minimum atomic E-state index is -0.651. The molecule has 0 atom stereocenters. The first-order chi connectivity index (χ1) is 12.4. The third-order valence-corrected chi connectivity index (χ3v) is 4.80. The summed E-state index contributed by atoms with van der Waals surface area (Å²) in [5.74, 6) is -0.639. The molecule has 0 bridgehead atoms. The molecule has 0 amide bonds. The van der Waals surface area contributed by atoms with Crippen LogP contribution in [0.4, 0.5) is 8.78 Å². The highest BCUT2D eigenvalue weighted by atomic mass is 19.1. The minimum Gasteiger partial charge on any atom is -0.437 e. The average molecular weight is 353 g/mol. The Morgan fingerprint density at radius 1 is 1.12 bits per heavy atom. The van der Waals surface area contributed by atoms with E-state index in [1.54, 1.807) is 0 Å². The van der Waals surface area contributed by atoms with Gasteiger partial charge in [0, 0.05) is 11.6 Å². The Labute approximate surface area is 149 Å². The molecule has 3 aromatic heterocycles. The lowest BCUT2D eigenvalue weighted by Gasteiger charge is -2.09.